The molecular formula is C31H40Cl2N2O4. The monoisotopic (exact) mass is 574 g/mol. The highest BCUT2D eigenvalue weighted by Crippen LogP contribution is 2.35. The van der Waals surface area contributed by atoms with Gasteiger partial charge in [-0.15, -0.1) is 0 Å². The van der Waals surface area contributed by atoms with E-state index in [2.05, 4.69) is 10.6 Å². The first-order valence-electron chi connectivity index (χ1n) is 14.2. The molecule has 2 aliphatic carbocycles. The van der Waals surface area contributed by atoms with Gasteiger partial charge in [-0.2, -0.15) is 0 Å². The van der Waals surface area contributed by atoms with Gasteiger partial charge in [-0.3, -0.25) is 9.59 Å². The molecule has 2 amide bonds. The second kappa shape index (κ2) is 14.3. The zero-order chi connectivity index (χ0) is 27.8. The number of ether oxygens (including phenoxy) is 2. The largest absolute Gasteiger partial charge is 0.481 e. The highest BCUT2D eigenvalue weighted by Gasteiger charge is 2.29. The smallest absolute Gasteiger partial charge is 0.260 e. The third-order valence-corrected chi connectivity index (χ3v) is 8.48. The molecule has 2 N–H and O–H groups in total. The van der Waals surface area contributed by atoms with Gasteiger partial charge in [-0.05, 0) is 120 Å². The minimum atomic E-state index is -0.566. The summed E-state index contributed by atoms with van der Waals surface area (Å²) in [5.74, 6) is 2.46. The van der Waals surface area contributed by atoms with E-state index in [9.17, 15) is 9.59 Å². The fraction of sp³-hybridized carbons (Fsp3) is 0.548. The van der Waals surface area contributed by atoms with Gasteiger partial charge in [0.1, 0.15) is 11.5 Å². The molecule has 2 aromatic rings. The van der Waals surface area contributed by atoms with E-state index in [1.807, 2.05) is 12.1 Å². The van der Waals surface area contributed by atoms with Crippen LogP contribution in [0.4, 0.5) is 0 Å². The van der Waals surface area contributed by atoms with E-state index in [1.165, 1.54) is 6.42 Å². The van der Waals surface area contributed by atoms with Crippen LogP contribution in [0.5, 0.6) is 11.5 Å². The summed E-state index contributed by atoms with van der Waals surface area (Å²) in [4.78, 5) is 25.3. The summed E-state index contributed by atoms with van der Waals surface area (Å²) in [6.45, 7) is 3.54. The lowest BCUT2D eigenvalue weighted by molar-refractivity contribution is -0.128. The van der Waals surface area contributed by atoms with Crippen LogP contribution in [0.25, 0.3) is 0 Å². The Morgan fingerprint density at radius 1 is 0.718 bits per heavy atom. The third kappa shape index (κ3) is 9.32. The minimum Gasteiger partial charge on any atom is -0.481 e. The number of nitrogens with one attached hydrogen (secondary N) is 2. The van der Waals surface area contributed by atoms with E-state index < -0.39 is 12.2 Å². The molecule has 212 valence electrons. The van der Waals surface area contributed by atoms with E-state index in [1.54, 1.807) is 50.2 Å². The van der Waals surface area contributed by atoms with Crippen molar-refractivity contribution in [3.05, 3.63) is 58.6 Å². The van der Waals surface area contributed by atoms with Gasteiger partial charge in [0.05, 0.1) is 0 Å². The Kier molecular flexibility index (Phi) is 10.8. The topological polar surface area (TPSA) is 76.7 Å². The Morgan fingerprint density at radius 3 is 1.46 bits per heavy atom. The summed E-state index contributed by atoms with van der Waals surface area (Å²) >= 11 is 12.0. The average molecular weight is 576 g/mol. The summed E-state index contributed by atoms with van der Waals surface area (Å²) in [5.41, 5.74) is 0. The Balaban J connectivity index is 1.11. The number of hydrogen-bond acceptors (Lipinski definition) is 4. The number of benzene rings is 2. The SMILES string of the molecule is C[C@H](Oc1cccc(Cl)c1)C(=O)NC1CCC(CC2CCC(NC(=O)[C@H](C)Oc3cccc(Cl)c3)CC2)CC1. The van der Waals surface area contributed by atoms with E-state index >= 15 is 0 Å². The highest BCUT2D eigenvalue weighted by atomic mass is 35.5. The van der Waals surface area contributed by atoms with Crippen molar-refractivity contribution in [2.45, 2.75) is 95.9 Å². The van der Waals surface area contributed by atoms with Gasteiger partial charge in [-0.25, -0.2) is 0 Å². The molecule has 0 aromatic heterocycles. The first kappa shape index (κ1) is 29.5. The first-order valence-corrected chi connectivity index (χ1v) is 15.0. The van der Waals surface area contributed by atoms with Crippen LogP contribution in [-0.4, -0.2) is 36.1 Å². The van der Waals surface area contributed by atoms with Crippen LogP contribution in [0.1, 0.15) is 71.6 Å². The predicted octanol–water partition coefficient (Wildman–Crippen LogP) is 6.97. The molecule has 2 saturated carbocycles. The van der Waals surface area contributed by atoms with E-state index in [-0.39, 0.29) is 23.9 Å². The number of carbonyl (C=O) groups is 2. The maximum Gasteiger partial charge on any atom is 0.260 e. The van der Waals surface area contributed by atoms with E-state index in [4.69, 9.17) is 32.7 Å². The summed E-state index contributed by atoms with van der Waals surface area (Å²) in [6.07, 6.45) is 8.72. The molecule has 6 nitrogen and oxygen atoms in total. The number of hydrogen-bond donors (Lipinski definition) is 2. The summed E-state index contributed by atoms with van der Waals surface area (Å²) in [6, 6.07) is 14.6. The predicted molar refractivity (Wildman–Crippen MR) is 155 cm³/mol. The van der Waals surface area contributed by atoms with Gasteiger partial charge < -0.3 is 20.1 Å². The van der Waals surface area contributed by atoms with Crippen LogP contribution < -0.4 is 20.1 Å². The van der Waals surface area contributed by atoms with Gasteiger partial charge in [-0.1, -0.05) is 35.3 Å². The van der Waals surface area contributed by atoms with Crippen molar-refractivity contribution < 1.29 is 19.1 Å². The van der Waals surface area contributed by atoms with Crippen LogP contribution in [-0.2, 0) is 9.59 Å². The first-order chi connectivity index (χ1) is 18.7. The Morgan fingerprint density at radius 2 is 1.10 bits per heavy atom. The quantitative estimate of drug-likeness (QED) is 0.321. The van der Waals surface area contributed by atoms with Gasteiger partial charge >= 0.3 is 0 Å². The van der Waals surface area contributed by atoms with Crippen LogP contribution >= 0.6 is 23.2 Å². The van der Waals surface area contributed by atoms with Crippen LogP contribution in [0.15, 0.2) is 48.5 Å². The molecule has 0 aliphatic heterocycles. The lowest BCUT2D eigenvalue weighted by Gasteiger charge is -2.35. The van der Waals surface area contributed by atoms with Crippen molar-refractivity contribution in [2.75, 3.05) is 0 Å². The van der Waals surface area contributed by atoms with Gasteiger partial charge in [0.15, 0.2) is 12.2 Å². The lowest BCUT2D eigenvalue weighted by Crippen LogP contribution is -2.44. The fourth-order valence-electron chi connectivity index (χ4n) is 5.79. The highest BCUT2D eigenvalue weighted by molar-refractivity contribution is 6.31. The third-order valence-electron chi connectivity index (χ3n) is 8.01. The Bertz CT molecular complexity index is 1010. The zero-order valence-corrected chi connectivity index (χ0v) is 24.3. The average Bonchev–Trinajstić information content (AvgIpc) is 2.91. The molecule has 2 aliphatic rings. The van der Waals surface area contributed by atoms with Crippen LogP contribution in [0, 0.1) is 11.8 Å². The molecule has 2 atom stereocenters. The van der Waals surface area contributed by atoms with Crippen molar-refractivity contribution in [3.63, 3.8) is 0 Å². The Hall–Kier alpha value is -2.44. The van der Waals surface area contributed by atoms with Crippen LogP contribution in [0.3, 0.4) is 0 Å². The van der Waals surface area contributed by atoms with Crippen molar-refractivity contribution in [3.8, 4) is 11.5 Å². The van der Waals surface area contributed by atoms with Gasteiger partial charge in [0, 0.05) is 22.1 Å². The molecule has 0 spiro atoms. The molecule has 0 heterocycles. The molecule has 0 bridgehead atoms. The maximum atomic E-state index is 12.6. The molecule has 2 aromatic carbocycles. The lowest BCUT2D eigenvalue weighted by atomic mass is 9.75. The molecule has 2 fully saturated rings. The molecule has 0 unspecified atom stereocenters. The standard InChI is InChI=1S/C31H40Cl2N2O4/c1-20(38-28-7-3-5-24(32)18-28)30(36)34-26-13-9-22(10-14-26)17-23-11-15-27(16-12-23)35-31(37)21(2)39-29-8-4-6-25(33)19-29/h3-8,18-23,26-27H,9-17H2,1-2H3,(H,34,36)(H,35,37)/t20-,21-,22?,23?,26?,27?/m0/s1. The maximum absolute atomic E-state index is 12.6. The van der Waals surface area contributed by atoms with Gasteiger partial charge in [0.2, 0.25) is 0 Å². The zero-order valence-electron chi connectivity index (χ0n) is 22.8. The van der Waals surface area contributed by atoms with Crippen molar-refractivity contribution in [1.82, 2.24) is 10.6 Å². The normalized spacial score (nSPS) is 24.7. The molecule has 4 rings (SSSR count). The number of carbonyl (C=O) groups excluding carboxylic acids is 2. The van der Waals surface area contributed by atoms with Gasteiger partial charge in [0.25, 0.3) is 11.8 Å². The van der Waals surface area contributed by atoms with Crippen molar-refractivity contribution in [1.29, 1.82) is 0 Å². The molecule has 0 saturated heterocycles. The van der Waals surface area contributed by atoms with Crippen molar-refractivity contribution >= 4 is 35.0 Å². The summed E-state index contributed by atoms with van der Waals surface area (Å²) in [7, 11) is 0. The van der Waals surface area contributed by atoms with Crippen molar-refractivity contribution in [2.24, 2.45) is 11.8 Å². The molecule has 39 heavy (non-hydrogen) atoms. The number of halogens is 2. The second-order valence-electron chi connectivity index (χ2n) is 11.1. The molecular weight excluding hydrogens is 535 g/mol. The number of rotatable bonds is 10. The van der Waals surface area contributed by atoms with E-state index in [0.29, 0.717) is 33.4 Å². The second-order valence-corrected chi connectivity index (χ2v) is 12.0. The minimum absolute atomic E-state index is 0.0777. The number of amides is 2. The fourth-order valence-corrected chi connectivity index (χ4v) is 6.15. The Labute approximate surface area is 242 Å². The molecule has 8 heteroatoms. The summed E-state index contributed by atoms with van der Waals surface area (Å²) in [5, 5.41) is 7.53. The van der Waals surface area contributed by atoms with E-state index in [0.717, 1.165) is 51.4 Å². The summed E-state index contributed by atoms with van der Waals surface area (Å²) < 4.78 is 11.5. The van der Waals surface area contributed by atoms with Crippen LogP contribution in [0.2, 0.25) is 10.0 Å². The molecule has 0 radical (unpaired) electrons.